The number of amides is 1. The van der Waals surface area contributed by atoms with E-state index in [-0.39, 0.29) is 11.8 Å². The second kappa shape index (κ2) is 10.5. The van der Waals surface area contributed by atoms with Crippen LogP contribution in [0.15, 0.2) is 29.3 Å². The minimum atomic E-state index is -0.167. The predicted octanol–water partition coefficient (Wildman–Crippen LogP) is 1.68. The first kappa shape index (κ1) is 22.1. The van der Waals surface area contributed by atoms with Crippen LogP contribution in [0, 0.1) is 5.92 Å². The van der Waals surface area contributed by atoms with Crippen LogP contribution in [0.1, 0.15) is 49.7 Å². The Morgan fingerprint density at radius 1 is 1.13 bits per heavy atom. The zero-order valence-corrected chi connectivity index (χ0v) is 18.9. The number of guanidine groups is 1. The molecule has 7 nitrogen and oxygen atoms in total. The standard InChI is InChI=1S/C24H38N6O/c1-26-24(28-21-9-12-30(13-10-21)22-7-8-22)27-15-18-4-2-5-19(14-18)16-29-11-3-6-20(17-29)23(25)31/h2,4-5,14,20-22H,3,6-13,15-17H2,1H3,(H2,25,31)(H2,26,27,28). The number of benzene rings is 1. The lowest BCUT2D eigenvalue weighted by Crippen LogP contribution is -2.48. The molecular formula is C24H38N6O. The molecule has 3 aliphatic rings. The minimum Gasteiger partial charge on any atom is -0.369 e. The Balaban J connectivity index is 1.24. The summed E-state index contributed by atoms with van der Waals surface area (Å²) in [7, 11) is 1.84. The molecule has 31 heavy (non-hydrogen) atoms. The number of nitrogens with one attached hydrogen (secondary N) is 2. The molecule has 2 saturated heterocycles. The molecule has 4 N–H and O–H groups in total. The summed E-state index contributed by atoms with van der Waals surface area (Å²) in [5, 5.41) is 7.09. The van der Waals surface area contributed by atoms with Gasteiger partial charge in [0.15, 0.2) is 5.96 Å². The van der Waals surface area contributed by atoms with Crippen molar-refractivity contribution in [1.29, 1.82) is 0 Å². The molecular weight excluding hydrogens is 388 g/mol. The van der Waals surface area contributed by atoms with Crippen LogP contribution in [-0.4, -0.2) is 67.0 Å². The lowest BCUT2D eigenvalue weighted by atomic mass is 9.97. The first-order valence-electron chi connectivity index (χ1n) is 11.9. The number of hydrogen-bond donors (Lipinski definition) is 3. The quantitative estimate of drug-likeness (QED) is 0.456. The second-order valence-corrected chi connectivity index (χ2v) is 9.41. The number of carbonyl (C=O) groups excluding carboxylic acids is 1. The van der Waals surface area contributed by atoms with Gasteiger partial charge in [-0.05, 0) is 56.2 Å². The number of nitrogens with two attached hydrogens (primary N) is 1. The molecule has 170 valence electrons. The van der Waals surface area contributed by atoms with Crippen LogP contribution in [0.25, 0.3) is 0 Å². The van der Waals surface area contributed by atoms with E-state index in [0.29, 0.717) is 6.04 Å². The molecule has 4 rings (SSSR count). The van der Waals surface area contributed by atoms with E-state index in [9.17, 15) is 4.79 Å². The third kappa shape index (κ3) is 6.43. The Hall–Kier alpha value is -2.12. The highest BCUT2D eigenvalue weighted by Gasteiger charge is 2.32. The number of piperidine rings is 2. The molecule has 2 aliphatic heterocycles. The van der Waals surface area contributed by atoms with Crippen molar-refractivity contribution in [3.63, 3.8) is 0 Å². The first-order valence-corrected chi connectivity index (χ1v) is 11.9. The van der Waals surface area contributed by atoms with Gasteiger partial charge in [-0.3, -0.25) is 14.7 Å². The third-order valence-corrected chi connectivity index (χ3v) is 6.92. The topological polar surface area (TPSA) is 86.0 Å². The molecule has 1 amide bonds. The molecule has 7 heteroatoms. The van der Waals surface area contributed by atoms with Crippen LogP contribution in [0.2, 0.25) is 0 Å². The van der Waals surface area contributed by atoms with E-state index < -0.39 is 0 Å². The van der Waals surface area contributed by atoms with Crippen LogP contribution >= 0.6 is 0 Å². The van der Waals surface area contributed by atoms with Crippen LogP contribution in [0.5, 0.6) is 0 Å². The van der Waals surface area contributed by atoms with E-state index in [1.165, 1.54) is 49.9 Å². The van der Waals surface area contributed by atoms with E-state index in [0.717, 1.165) is 51.0 Å². The molecule has 1 aliphatic carbocycles. The Kier molecular flexibility index (Phi) is 7.45. The van der Waals surface area contributed by atoms with Crippen LogP contribution in [0.4, 0.5) is 0 Å². The summed E-state index contributed by atoms with van der Waals surface area (Å²) in [5.74, 6) is 0.708. The summed E-state index contributed by atoms with van der Waals surface area (Å²) in [6.07, 6.45) is 7.12. The predicted molar refractivity (Wildman–Crippen MR) is 125 cm³/mol. The Bertz CT molecular complexity index is 769. The minimum absolute atomic E-state index is 0.0101. The van der Waals surface area contributed by atoms with Gasteiger partial charge in [-0.1, -0.05) is 24.3 Å². The van der Waals surface area contributed by atoms with Crippen molar-refractivity contribution in [3.8, 4) is 0 Å². The van der Waals surface area contributed by atoms with Gasteiger partial charge in [0.25, 0.3) is 0 Å². The van der Waals surface area contributed by atoms with Gasteiger partial charge >= 0.3 is 0 Å². The van der Waals surface area contributed by atoms with Gasteiger partial charge in [0, 0.05) is 51.9 Å². The summed E-state index contributed by atoms with van der Waals surface area (Å²) >= 11 is 0. The maximum atomic E-state index is 11.5. The van der Waals surface area contributed by atoms with Gasteiger partial charge in [0.2, 0.25) is 5.91 Å². The number of rotatable bonds is 7. The monoisotopic (exact) mass is 426 g/mol. The fraction of sp³-hybridized carbons (Fsp3) is 0.667. The van der Waals surface area contributed by atoms with Crippen LogP contribution in [0.3, 0.4) is 0 Å². The maximum Gasteiger partial charge on any atom is 0.221 e. The molecule has 0 bridgehead atoms. The smallest absolute Gasteiger partial charge is 0.221 e. The Morgan fingerprint density at radius 2 is 1.90 bits per heavy atom. The summed E-state index contributed by atoms with van der Waals surface area (Å²) in [5.41, 5.74) is 8.04. The molecule has 1 aromatic rings. The van der Waals surface area contributed by atoms with Crippen molar-refractivity contribution >= 4 is 11.9 Å². The number of carbonyl (C=O) groups is 1. The normalized spacial score (nSPS) is 24.2. The maximum absolute atomic E-state index is 11.5. The molecule has 0 radical (unpaired) electrons. The zero-order chi connectivity index (χ0) is 21.6. The molecule has 3 fully saturated rings. The Morgan fingerprint density at radius 3 is 2.61 bits per heavy atom. The van der Waals surface area contributed by atoms with Crippen LogP contribution < -0.4 is 16.4 Å². The van der Waals surface area contributed by atoms with Gasteiger partial charge in [0.1, 0.15) is 0 Å². The first-order chi connectivity index (χ1) is 15.1. The summed E-state index contributed by atoms with van der Waals surface area (Å²) < 4.78 is 0. The highest BCUT2D eigenvalue weighted by atomic mass is 16.1. The van der Waals surface area contributed by atoms with E-state index >= 15 is 0 Å². The highest BCUT2D eigenvalue weighted by Crippen LogP contribution is 2.29. The third-order valence-electron chi connectivity index (χ3n) is 6.92. The van der Waals surface area contributed by atoms with Gasteiger partial charge in [0.05, 0.1) is 5.92 Å². The summed E-state index contributed by atoms with van der Waals surface area (Å²) in [6.45, 7) is 5.82. The lowest BCUT2D eigenvalue weighted by molar-refractivity contribution is -0.123. The molecule has 2 heterocycles. The molecule has 0 aromatic heterocycles. The van der Waals surface area contributed by atoms with Crippen molar-refractivity contribution in [3.05, 3.63) is 35.4 Å². The van der Waals surface area contributed by atoms with Gasteiger partial charge in [-0.25, -0.2) is 0 Å². The van der Waals surface area contributed by atoms with Crippen molar-refractivity contribution in [1.82, 2.24) is 20.4 Å². The summed E-state index contributed by atoms with van der Waals surface area (Å²) in [6, 6.07) is 10.1. The van der Waals surface area contributed by atoms with Gasteiger partial charge in [-0.15, -0.1) is 0 Å². The number of primary amides is 1. The zero-order valence-electron chi connectivity index (χ0n) is 18.9. The lowest BCUT2D eigenvalue weighted by Gasteiger charge is -2.33. The molecule has 1 unspecified atom stereocenters. The summed E-state index contributed by atoms with van der Waals surface area (Å²) in [4.78, 5) is 21.0. The fourth-order valence-corrected chi connectivity index (χ4v) is 4.95. The van der Waals surface area contributed by atoms with Crippen LogP contribution in [-0.2, 0) is 17.9 Å². The van der Waals surface area contributed by atoms with Crippen molar-refractivity contribution < 1.29 is 4.79 Å². The molecule has 1 aromatic carbocycles. The van der Waals surface area contributed by atoms with Gasteiger partial charge in [-0.2, -0.15) is 0 Å². The largest absolute Gasteiger partial charge is 0.369 e. The SMILES string of the molecule is CN=C(NCc1cccc(CN2CCCC(C(N)=O)C2)c1)NC1CCN(C2CC2)CC1. The average Bonchev–Trinajstić information content (AvgIpc) is 3.63. The highest BCUT2D eigenvalue weighted by molar-refractivity contribution is 5.80. The second-order valence-electron chi connectivity index (χ2n) is 9.41. The van der Waals surface area contributed by atoms with E-state index in [1.54, 1.807) is 0 Å². The fourth-order valence-electron chi connectivity index (χ4n) is 4.95. The number of nitrogens with zero attached hydrogens (tertiary/aromatic N) is 3. The Labute approximate surface area is 186 Å². The van der Waals surface area contributed by atoms with Gasteiger partial charge < -0.3 is 21.3 Å². The van der Waals surface area contributed by atoms with Crippen molar-refractivity contribution in [2.75, 3.05) is 33.2 Å². The average molecular weight is 427 g/mol. The van der Waals surface area contributed by atoms with Crippen molar-refractivity contribution in [2.45, 2.75) is 63.7 Å². The number of aliphatic imine (C=N–C) groups is 1. The molecule has 0 spiro atoms. The van der Waals surface area contributed by atoms with E-state index in [2.05, 4.69) is 49.7 Å². The van der Waals surface area contributed by atoms with Crippen molar-refractivity contribution in [2.24, 2.45) is 16.6 Å². The van der Waals surface area contributed by atoms with E-state index in [1.807, 2.05) is 7.05 Å². The number of likely N-dealkylation sites (tertiary alicyclic amines) is 2. The molecule has 1 saturated carbocycles. The number of hydrogen-bond acceptors (Lipinski definition) is 4. The molecule has 1 atom stereocenters. The van der Waals surface area contributed by atoms with E-state index in [4.69, 9.17) is 5.73 Å².